The normalized spacial score (nSPS) is 20.2. The maximum Gasteiger partial charge on any atom is 0.0936 e. The quantitative estimate of drug-likeness (QED) is 0.716. The number of aromatic nitrogens is 2. The van der Waals surface area contributed by atoms with Crippen molar-refractivity contribution >= 4 is 16.6 Å². The predicted octanol–water partition coefficient (Wildman–Crippen LogP) is 4.45. The Morgan fingerprint density at radius 2 is 1.85 bits per heavy atom. The number of hydrogen-bond donors (Lipinski definition) is 2. The number of para-hydroxylation sites is 1. The fraction of sp³-hybridized carbons (Fsp3) is 0.364. The topological polar surface area (TPSA) is 49.8 Å². The lowest BCUT2D eigenvalue weighted by Crippen LogP contribution is -2.46. The van der Waals surface area contributed by atoms with Crippen LogP contribution in [0.5, 0.6) is 0 Å². The van der Waals surface area contributed by atoms with Crippen LogP contribution in [-0.4, -0.2) is 22.1 Å². The fourth-order valence-corrected chi connectivity index (χ4v) is 3.85. The molecule has 2 atom stereocenters. The standard InChI is InChI=1S/C22H26N4/c1-16-12-13-17-7-6-11-21(22(17)25-16)26-20-10-3-2-9-19(20)24-15-18-8-4-5-14-23-18/h4-8,11-14,19-20,24,26H,2-3,9-10,15H2,1H3. The SMILES string of the molecule is Cc1ccc2cccc(NC3CCCCC3NCc3ccccn3)c2n1. The van der Waals surface area contributed by atoms with E-state index >= 15 is 0 Å². The summed E-state index contributed by atoms with van der Waals surface area (Å²) in [4.78, 5) is 9.20. The van der Waals surface area contributed by atoms with Crippen LogP contribution in [0.1, 0.15) is 37.1 Å². The molecule has 1 aliphatic rings. The highest BCUT2D eigenvalue weighted by Gasteiger charge is 2.25. The molecule has 1 aliphatic carbocycles. The summed E-state index contributed by atoms with van der Waals surface area (Å²) < 4.78 is 0. The van der Waals surface area contributed by atoms with Gasteiger partial charge in [0.05, 0.1) is 16.9 Å². The second-order valence-corrected chi connectivity index (χ2v) is 7.17. The summed E-state index contributed by atoms with van der Waals surface area (Å²) in [5, 5.41) is 8.70. The smallest absolute Gasteiger partial charge is 0.0936 e. The third-order valence-electron chi connectivity index (χ3n) is 5.24. The molecule has 134 valence electrons. The van der Waals surface area contributed by atoms with Crippen LogP contribution in [0.3, 0.4) is 0 Å². The Bertz CT molecular complexity index is 862. The average molecular weight is 346 g/mol. The lowest BCUT2D eigenvalue weighted by atomic mass is 9.90. The van der Waals surface area contributed by atoms with Gasteiger partial charge in [0.25, 0.3) is 0 Å². The Balaban J connectivity index is 1.51. The minimum absolute atomic E-state index is 0.417. The lowest BCUT2D eigenvalue weighted by molar-refractivity contribution is 0.341. The van der Waals surface area contributed by atoms with Crippen LogP contribution in [-0.2, 0) is 6.54 Å². The summed E-state index contributed by atoms with van der Waals surface area (Å²) >= 11 is 0. The lowest BCUT2D eigenvalue weighted by Gasteiger charge is -2.34. The van der Waals surface area contributed by atoms with Crippen molar-refractivity contribution < 1.29 is 0 Å². The van der Waals surface area contributed by atoms with Crippen LogP contribution in [0.4, 0.5) is 5.69 Å². The first kappa shape index (κ1) is 17.0. The summed E-state index contributed by atoms with van der Waals surface area (Å²) in [5.74, 6) is 0. The summed E-state index contributed by atoms with van der Waals surface area (Å²) in [6, 6.07) is 17.6. The number of rotatable bonds is 5. The molecule has 0 spiro atoms. The van der Waals surface area contributed by atoms with Crippen LogP contribution in [0.2, 0.25) is 0 Å². The molecule has 0 bridgehead atoms. The molecule has 0 radical (unpaired) electrons. The number of hydrogen-bond acceptors (Lipinski definition) is 4. The maximum absolute atomic E-state index is 4.77. The molecule has 2 aromatic heterocycles. The Labute approximate surface area is 155 Å². The van der Waals surface area contributed by atoms with Crippen molar-refractivity contribution in [3.05, 3.63) is 66.1 Å². The minimum Gasteiger partial charge on any atom is -0.379 e. The van der Waals surface area contributed by atoms with E-state index in [1.54, 1.807) is 0 Å². The molecular formula is C22H26N4. The van der Waals surface area contributed by atoms with Crippen molar-refractivity contribution in [2.75, 3.05) is 5.32 Å². The number of fused-ring (bicyclic) bond motifs is 1. The molecule has 1 fully saturated rings. The first-order valence-corrected chi connectivity index (χ1v) is 9.56. The van der Waals surface area contributed by atoms with E-state index in [-0.39, 0.29) is 0 Å². The molecule has 0 amide bonds. The van der Waals surface area contributed by atoms with Crippen molar-refractivity contribution in [1.82, 2.24) is 15.3 Å². The monoisotopic (exact) mass is 346 g/mol. The number of anilines is 1. The first-order chi connectivity index (χ1) is 12.8. The predicted molar refractivity (Wildman–Crippen MR) is 107 cm³/mol. The zero-order valence-electron chi connectivity index (χ0n) is 15.3. The Morgan fingerprint density at radius 1 is 0.962 bits per heavy atom. The van der Waals surface area contributed by atoms with Gasteiger partial charge < -0.3 is 10.6 Å². The van der Waals surface area contributed by atoms with E-state index < -0.39 is 0 Å². The van der Waals surface area contributed by atoms with Crippen molar-refractivity contribution in [3.63, 3.8) is 0 Å². The highest BCUT2D eigenvalue weighted by atomic mass is 15.0. The largest absolute Gasteiger partial charge is 0.379 e. The van der Waals surface area contributed by atoms with Crippen molar-refractivity contribution in [2.45, 2.75) is 51.2 Å². The Morgan fingerprint density at radius 3 is 2.69 bits per heavy atom. The molecule has 1 saturated carbocycles. The number of pyridine rings is 2. The number of benzene rings is 1. The molecule has 26 heavy (non-hydrogen) atoms. The maximum atomic E-state index is 4.77. The molecule has 2 N–H and O–H groups in total. The van der Waals surface area contributed by atoms with Crippen molar-refractivity contribution in [2.24, 2.45) is 0 Å². The number of nitrogens with one attached hydrogen (secondary N) is 2. The van der Waals surface area contributed by atoms with Gasteiger partial charge >= 0.3 is 0 Å². The van der Waals surface area contributed by atoms with Gasteiger partial charge in [-0.25, -0.2) is 0 Å². The van der Waals surface area contributed by atoms with Gasteiger partial charge in [0, 0.05) is 35.9 Å². The molecule has 4 nitrogen and oxygen atoms in total. The van der Waals surface area contributed by atoms with Crippen LogP contribution in [0.15, 0.2) is 54.7 Å². The Hall–Kier alpha value is -2.46. The number of aryl methyl sites for hydroxylation is 1. The van der Waals surface area contributed by atoms with Crippen molar-refractivity contribution in [3.8, 4) is 0 Å². The van der Waals surface area contributed by atoms with Crippen LogP contribution < -0.4 is 10.6 Å². The van der Waals surface area contributed by atoms with E-state index in [0.717, 1.165) is 29.1 Å². The summed E-state index contributed by atoms with van der Waals surface area (Å²) in [7, 11) is 0. The molecule has 2 unspecified atom stereocenters. The molecular weight excluding hydrogens is 320 g/mol. The van der Waals surface area contributed by atoms with Gasteiger partial charge in [-0.05, 0) is 44.0 Å². The van der Waals surface area contributed by atoms with E-state index in [2.05, 4.69) is 52.0 Å². The molecule has 4 heteroatoms. The molecule has 3 aromatic rings. The molecule has 0 saturated heterocycles. The van der Waals surface area contributed by atoms with Crippen LogP contribution >= 0.6 is 0 Å². The van der Waals surface area contributed by atoms with Gasteiger partial charge in [0.15, 0.2) is 0 Å². The fourth-order valence-electron chi connectivity index (χ4n) is 3.85. The first-order valence-electron chi connectivity index (χ1n) is 9.56. The van der Waals surface area contributed by atoms with E-state index in [1.165, 1.54) is 31.1 Å². The number of nitrogens with zero attached hydrogens (tertiary/aromatic N) is 2. The zero-order valence-corrected chi connectivity index (χ0v) is 15.3. The summed E-state index contributed by atoms with van der Waals surface area (Å²) in [6.45, 7) is 2.87. The average Bonchev–Trinajstić information content (AvgIpc) is 2.68. The molecule has 2 heterocycles. The molecule has 4 rings (SSSR count). The van der Waals surface area contributed by atoms with Gasteiger partial charge in [-0.1, -0.05) is 37.1 Å². The van der Waals surface area contributed by atoms with E-state index in [4.69, 9.17) is 4.98 Å². The minimum atomic E-state index is 0.417. The highest BCUT2D eigenvalue weighted by molar-refractivity contribution is 5.90. The van der Waals surface area contributed by atoms with E-state index in [9.17, 15) is 0 Å². The van der Waals surface area contributed by atoms with Gasteiger partial charge in [-0.15, -0.1) is 0 Å². The van der Waals surface area contributed by atoms with Crippen molar-refractivity contribution in [1.29, 1.82) is 0 Å². The van der Waals surface area contributed by atoms with Gasteiger partial charge in [-0.2, -0.15) is 0 Å². The summed E-state index contributed by atoms with van der Waals surface area (Å²) in [5.41, 5.74) is 4.36. The second kappa shape index (κ2) is 7.83. The third-order valence-corrected chi connectivity index (χ3v) is 5.24. The zero-order chi connectivity index (χ0) is 17.8. The summed E-state index contributed by atoms with van der Waals surface area (Å²) in [6.07, 6.45) is 6.79. The van der Waals surface area contributed by atoms with E-state index in [1.807, 2.05) is 25.3 Å². The van der Waals surface area contributed by atoms with Gasteiger partial charge in [-0.3, -0.25) is 9.97 Å². The molecule has 0 aliphatic heterocycles. The van der Waals surface area contributed by atoms with Gasteiger partial charge in [0.1, 0.15) is 0 Å². The molecule has 1 aromatic carbocycles. The van der Waals surface area contributed by atoms with Crippen LogP contribution in [0, 0.1) is 6.92 Å². The third kappa shape index (κ3) is 3.86. The highest BCUT2D eigenvalue weighted by Crippen LogP contribution is 2.27. The Kier molecular flexibility index (Phi) is 5.12. The van der Waals surface area contributed by atoms with Gasteiger partial charge in [0.2, 0.25) is 0 Å². The van der Waals surface area contributed by atoms with E-state index in [0.29, 0.717) is 12.1 Å². The second-order valence-electron chi connectivity index (χ2n) is 7.17. The van der Waals surface area contributed by atoms with Crippen LogP contribution in [0.25, 0.3) is 10.9 Å².